The third-order valence-corrected chi connectivity index (χ3v) is 3.26. The third-order valence-electron chi connectivity index (χ3n) is 3.26. The van der Waals surface area contributed by atoms with Gasteiger partial charge in [0.15, 0.2) is 11.5 Å². The Balaban J connectivity index is 2.87. The van der Waals surface area contributed by atoms with Crippen LogP contribution in [0.1, 0.15) is 32.8 Å². The van der Waals surface area contributed by atoms with Crippen LogP contribution in [0.4, 0.5) is 0 Å². The Hall–Kier alpha value is -1.75. The molecule has 20 heavy (non-hydrogen) atoms. The van der Waals surface area contributed by atoms with Gasteiger partial charge in [0.05, 0.1) is 13.2 Å². The summed E-state index contributed by atoms with van der Waals surface area (Å²) in [6.45, 7) is 6.87. The van der Waals surface area contributed by atoms with Crippen LogP contribution in [0.15, 0.2) is 18.2 Å². The minimum atomic E-state index is -0.839. The number of aliphatic carboxylic acids is 1. The topological polar surface area (TPSA) is 70.0 Å². The normalized spacial score (nSPS) is 12.4. The van der Waals surface area contributed by atoms with Crippen molar-refractivity contribution in [3.8, 4) is 11.5 Å². The van der Waals surface area contributed by atoms with Gasteiger partial charge in [-0.2, -0.15) is 0 Å². The molecular formula is C15H23NO4. The molecule has 0 saturated heterocycles. The zero-order valence-electron chi connectivity index (χ0n) is 12.3. The molecule has 0 fully saturated rings. The lowest BCUT2D eigenvalue weighted by Crippen LogP contribution is -2.36. The van der Waals surface area contributed by atoms with Crippen molar-refractivity contribution in [1.29, 1.82) is 0 Å². The number of carboxylic acid groups (broad SMARTS) is 1. The van der Waals surface area contributed by atoms with Gasteiger partial charge >= 0.3 is 5.97 Å². The summed E-state index contributed by atoms with van der Waals surface area (Å²) in [5, 5.41) is 18.7. The van der Waals surface area contributed by atoms with E-state index in [0.717, 1.165) is 12.0 Å². The number of carboxylic acids is 1. The number of aromatic hydroxyl groups is 1. The molecule has 0 amide bonds. The molecule has 1 rings (SSSR count). The molecule has 0 aliphatic rings. The summed E-state index contributed by atoms with van der Waals surface area (Å²) >= 11 is 0. The van der Waals surface area contributed by atoms with Gasteiger partial charge in [-0.25, -0.2) is 0 Å². The highest BCUT2D eigenvalue weighted by Gasteiger charge is 2.16. The highest BCUT2D eigenvalue weighted by molar-refractivity contribution is 5.69. The molecule has 0 spiro atoms. The quantitative estimate of drug-likeness (QED) is 0.766. The highest BCUT2D eigenvalue weighted by Crippen LogP contribution is 2.27. The van der Waals surface area contributed by atoms with E-state index < -0.39 is 5.97 Å². The Morgan fingerprint density at radius 1 is 1.40 bits per heavy atom. The molecule has 0 aliphatic carbocycles. The Labute approximate surface area is 119 Å². The number of rotatable bonds is 8. The van der Waals surface area contributed by atoms with Crippen LogP contribution in [-0.4, -0.2) is 40.3 Å². The van der Waals surface area contributed by atoms with Crippen LogP contribution in [0.2, 0.25) is 0 Å². The average Bonchev–Trinajstić information content (AvgIpc) is 2.40. The summed E-state index contributed by atoms with van der Waals surface area (Å²) in [4.78, 5) is 12.8. The zero-order chi connectivity index (χ0) is 15.1. The Morgan fingerprint density at radius 2 is 2.10 bits per heavy atom. The second kappa shape index (κ2) is 7.75. The van der Waals surface area contributed by atoms with Gasteiger partial charge in [-0.1, -0.05) is 13.0 Å². The predicted octanol–water partition coefficient (Wildman–Crippen LogP) is 2.48. The van der Waals surface area contributed by atoms with E-state index in [1.165, 1.54) is 0 Å². The fourth-order valence-electron chi connectivity index (χ4n) is 1.96. The number of nitrogens with zero attached hydrogens (tertiary/aromatic N) is 1. The molecular weight excluding hydrogens is 258 g/mol. The summed E-state index contributed by atoms with van der Waals surface area (Å²) in [6, 6.07) is 5.30. The van der Waals surface area contributed by atoms with Crippen molar-refractivity contribution in [1.82, 2.24) is 4.90 Å². The van der Waals surface area contributed by atoms with E-state index in [1.807, 2.05) is 25.7 Å². The van der Waals surface area contributed by atoms with Gasteiger partial charge in [-0.3, -0.25) is 9.69 Å². The number of phenolic OH excluding ortho intramolecular Hbond substituents is 1. The van der Waals surface area contributed by atoms with E-state index in [9.17, 15) is 9.90 Å². The molecule has 2 N–H and O–H groups in total. The first-order valence-corrected chi connectivity index (χ1v) is 6.88. The zero-order valence-corrected chi connectivity index (χ0v) is 12.3. The lowest BCUT2D eigenvalue weighted by molar-refractivity contribution is -0.139. The first-order valence-electron chi connectivity index (χ1n) is 6.88. The van der Waals surface area contributed by atoms with Crippen molar-refractivity contribution in [2.75, 3.05) is 13.2 Å². The SMILES string of the molecule is CCOc1cc(CN(CC(=O)O)C(C)CC)ccc1O. The van der Waals surface area contributed by atoms with Crippen LogP contribution >= 0.6 is 0 Å². The average molecular weight is 281 g/mol. The summed E-state index contributed by atoms with van der Waals surface area (Å²) in [7, 11) is 0. The molecule has 0 aromatic heterocycles. The molecule has 0 saturated carbocycles. The van der Waals surface area contributed by atoms with Crippen LogP contribution in [0.3, 0.4) is 0 Å². The van der Waals surface area contributed by atoms with Crippen LogP contribution < -0.4 is 4.74 Å². The molecule has 1 aromatic rings. The minimum absolute atomic E-state index is 0.000147. The summed E-state index contributed by atoms with van der Waals surface area (Å²) < 4.78 is 5.34. The third kappa shape index (κ3) is 4.74. The second-order valence-corrected chi connectivity index (χ2v) is 4.79. The lowest BCUT2D eigenvalue weighted by Gasteiger charge is -2.26. The fourth-order valence-corrected chi connectivity index (χ4v) is 1.96. The Bertz CT molecular complexity index is 447. The van der Waals surface area contributed by atoms with E-state index in [0.29, 0.717) is 18.9 Å². The smallest absolute Gasteiger partial charge is 0.317 e. The maximum Gasteiger partial charge on any atom is 0.317 e. The van der Waals surface area contributed by atoms with Gasteiger partial charge < -0.3 is 14.9 Å². The monoisotopic (exact) mass is 281 g/mol. The van der Waals surface area contributed by atoms with E-state index in [-0.39, 0.29) is 18.3 Å². The highest BCUT2D eigenvalue weighted by atomic mass is 16.5. The number of hydrogen-bond acceptors (Lipinski definition) is 4. The van der Waals surface area contributed by atoms with Gasteiger partial charge in [0, 0.05) is 12.6 Å². The number of carbonyl (C=O) groups is 1. The molecule has 0 bridgehead atoms. The molecule has 1 aromatic carbocycles. The summed E-state index contributed by atoms with van der Waals surface area (Å²) in [6.07, 6.45) is 0.879. The van der Waals surface area contributed by atoms with Crippen LogP contribution in [0.5, 0.6) is 11.5 Å². The molecule has 112 valence electrons. The fraction of sp³-hybridized carbons (Fsp3) is 0.533. The van der Waals surface area contributed by atoms with Gasteiger partial charge in [0.2, 0.25) is 0 Å². The van der Waals surface area contributed by atoms with Gasteiger partial charge in [-0.05, 0) is 38.0 Å². The van der Waals surface area contributed by atoms with E-state index in [4.69, 9.17) is 9.84 Å². The Morgan fingerprint density at radius 3 is 2.65 bits per heavy atom. The lowest BCUT2D eigenvalue weighted by atomic mass is 10.1. The standard InChI is InChI=1S/C15H23NO4/c1-4-11(3)16(10-15(18)19)9-12-6-7-13(17)14(8-12)20-5-2/h6-8,11,17H,4-5,9-10H2,1-3H3,(H,18,19). The number of ether oxygens (including phenoxy) is 1. The number of phenols is 1. The van der Waals surface area contributed by atoms with Crippen LogP contribution in [-0.2, 0) is 11.3 Å². The van der Waals surface area contributed by atoms with Crippen LogP contribution in [0.25, 0.3) is 0 Å². The van der Waals surface area contributed by atoms with Crippen LogP contribution in [0, 0.1) is 0 Å². The van der Waals surface area contributed by atoms with Gasteiger partial charge in [-0.15, -0.1) is 0 Å². The number of benzene rings is 1. The molecule has 0 heterocycles. The van der Waals surface area contributed by atoms with Gasteiger partial charge in [0.1, 0.15) is 0 Å². The van der Waals surface area contributed by atoms with Crippen molar-refractivity contribution in [3.05, 3.63) is 23.8 Å². The summed E-state index contributed by atoms with van der Waals surface area (Å²) in [5.74, 6) is -0.303. The Kier molecular flexibility index (Phi) is 6.31. The summed E-state index contributed by atoms with van der Waals surface area (Å²) in [5.41, 5.74) is 0.924. The minimum Gasteiger partial charge on any atom is -0.504 e. The van der Waals surface area contributed by atoms with Crippen molar-refractivity contribution < 1.29 is 19.7 Å². The molecule has 5 nitrogen and oxygen atoms in total. The van der Waals surface area contributed by atoms with E-state index in [2.05, 4.69) is 0 Å². The molecule has 1 atom stereocenters. The predicted molar refractivity (Wildman–Crippen MR) is 77.1 cm³/mol. The van der Waals surface area contributed by atoms with Crippen molar-refractivity contribution in [2.24, 2.45) is 0 Å². The van der Waals surface area contributed by atoms with Gasteiger partial charge in [0.25, 0.3) is 0 Å². The molecule has 1 unspecified atom stereocenters. The molecule has 0 radical (unpaired) electrons. The first kappa shape index (κ1) is 16.3. The van der Waals surface area contributed by atoms with E-state index >= 15 is 0 Å². The maximum absolute atomic E-state index is 10.9. The molecule has 0 aliphatic heterocycles. The first-order chi connectivity index (χ1) is 9.47. The van der Waals surface area contributed by atoms with Crippen molar-refractivity contribution in [2.45, 2.75) is 39.8 Å². The van der Waals surface area contributed by atoms with Crippen molar-refractivity contribution in [3.63, 3.8) is 0 Å². The van der Waals surface area contributed by atoms with Crippen molar-refractivity contribution >= 4 is 5.97 Å². The number of hydrogen-bond donors (Lipinski definition) is 2. The molecule has 5 heteroatoms. The maximum atomic E-state index is 10.9. The largest absolute Gasteiger partial charge is 0.504 e. The van der Waals surface area contributed by atoms with E-state index in [1.54, 1.807) is 18.2 Å². The second-order valence-electron chi connectivity index (χ2n) is 4.79.